The van der Waals surface area contributed by atoms with Gasteiger partial charge in [0.1, 0.15) is 0 Å². The van der Waals surface area contributed by atoms with Gasteiger partial charge in [-0.2, -0.15) is 5.26 Å². The molecule has 62 valence electrons. The van der Waals surface area contributed by atoms with Crippen molar-refractivity contribution >= 4 is 5.97 Å². The second-order valence-corrected chi connectivity index (χ2v) is 2.76. The third kappa shape index (κ3) is 3.61. The molecule has 0 N–H and O–H groups in total. The summed E-state index contributed by atoms with van der Waals surface area (Å²) in [6, 6.07) is 2.07. The predicted molar refractivity (Wildman–Crippen MR) is 40.6 cm³/mol. The zero-order chi connectivity index (χ0) is 8.85. The van der Waals surface area contributed by atoms with E-state index in [1.165, 1.54) is 7.11 Å². The van der Waals surface area contributed by atoms with E-state index in [-0.39, 0.29) is 24.2 Å². The highest BCUT2D eigenvalue weighted by molar-refractivity contribution is 5.69. The summed E-state index contributed by atoms with van der Waals surface area (Å²) in [7, 11) is 1.33. The van der Waals surface area contributed by atoms with Crippen molar-refractivity contribution < 1.29 is 9.53 Å². The number of nitrogens with zero attached hydrogens (tertiary/aromatic N) is 1. The summed E-state index contributed by atoms with van der Waals surface area (Å²) in [6.45, 7) is 3.83. The van der Waals surface area contributed by atoms with E-state index in [9.17, 15) is 4.79 Å². The Bertz CT molecular complexity index is 169. The van der Waals surface area contributed by atoms with Crippen LogP contribution in [0.4, 0.5) is 0 Å². The van der Waals surface area contributed by atoms with Crippen molar-refractivity contribution in [1.29, 1.82) is 5.26 Å². The van der Waals surface area contributed by atoms with E-state index in [1.54, 1.807) is 0 Å². The molecule has 11 heavy (non-hydrogen) atoms. The van der Waals surface area contributed by atoms with Crippen molar-refractivity contribution in [3.63, 3.8) is 0 Å². The van der Waals surface area contributed by atoms with Crippen LogP contribution in [0.25, 0.3) is 0 Å². The maximum absolute atomic E-state index is 10.7. The van der Waals surface area contributed by atoms with E-state index < -0.39 is 0 Å². The van der Waals surface area contributed by atoms with Crippen LogP contribution in [-0.4, -0.2) is 13.1 Å². The number of carbonyl (C=O) groups is 1. The van der Waals surface area contributed by atoms with Gasteiger partial charge in [-0.25, -0.2) is 0 Å². The zero-order valence-corrected chi connectivity index (χ0v) is 7.13. The summed E-state index contributed by atoms with van der Waals surface area (Å²) in [5.74, 6) is -0.327. The molecule has 3 nitrogen and oxygen atoms in total. The highest BCUT2D eigenvalue weighted by atomic mass is 16.5. The lowest BCUT2D eigenvalue weighted by molar-refractivity contribution is -0.141. The number of esters is 1. The normalized spacial score (nSPS) is 12.3. The lowest BCUT2D eigenvalue weighted by Crippen LogP contribution is -2.13. The standard InChI is InChI=1S/C8H13NO2/c1-6(2)7(5-9)4-8(10)11-3/h6-7H,4H2,1-3H3/t7-/m0/s1. The molecule has 0 aliphatic heterocycles. The molecule has 0 saturated carbocycles. The Morgan fingerprint density at radius 2 is 2.18 bits per heavy atom. The van der Waals surface area contributed by atoms with Gasteiger partial charge in [0.15, 0.2) is 0 Å². The van der Waals surface area contributed by atoms with E-state index in [4.69, 9.17) is 5.26 Å². The minimum absolute atomic E-state index is 0.199. The molecule has 0 aliphatic carbocycles. The second kappa shape index (κ2) is 4.73. The van der Waals surface area contributed by atoms with Crippen molar-refractivity contribution in [2.45, 2.75) is 20.3 Å². The van der Waals surface area contributed by atoms with Crippen molar-refractivity contribution in [2.75, 3.05) is 7.11 Å². The van der Waals surface area contributed by atoms with Gasteiger partial charge in [-0.1, -0.05) is 13.8 Å². The van der Waals surface area contributed by atoms with Gasteiger partial charge in [0, 0.05) is 0 Å². The van der Waals surface area contributed by atoms with Gasteiger partial charge < -0.3 is 4.74 Å². The van der Waals surface area contributed by atoms with Gasteiger partial charge >= 0.3 is 5.97 Å². The number of nitriles is 1. The minimum atomic E-state index is -0.315. The van der Waals surface area contributed by atoms with Crippen molar-refractivity contribution in [3.05, 3.63) is 0 Å². The van der Waals surface area contributed by atoms with Gasteiger partial charge in [0.2, 0.25) is 0 Å². The molecule has 0 amide bonds. The average molecular weight is 155 g/mol. The third-order valence-electron chi connectivity index (χ3n) is 1.58. The molecule has 0 radical (unpaired) electrons. The number of carbonyl (C=O) groups excluding carboxylic acids is 1. The third-order valence-corrected chi connectivity index (χ3v) is 1.58. The van der Waals surface area contributed by atoms with E-state index in [2.05, 4.69) is 10.8 Å². The number of ether oxygens (including phenoxy) is 1. The molecular formula is C8H13NO2. The van der Waals surface area contributed by atoms with Crippen LogP contribution in [-0.2, 0) is 9.53 Å². The van der Waals surface area contributed by atoms with Gasteiger partial charge in [0.05, 0.1) is 25.5 Å². The number of methoxy groups -OCH3 is 1. The van der Waals surface area contributed by atoms with E-state index in [0.717, 1.165) is 0 Å². The molecule has 0 aromatic heterocycles. The molecule has 0 bridgehead atoms. The predicted octanol–water partition coefficient (Wildman–Crippen LogP) is 1.35. The largest absolute Gasteiger partial charge is 0.469 e. The Morgan fingerprint density at radius 3 is 2.45 bits per heavy atom. The number of hydrogen-bond donors (Lipinski definition) is 0. The van der Waals surface area contributed by atoms with E-state index in [1.807, 2.05) is 13.8 Å². The summed E-state index contributed by atoms with van der Waals surface area (Å²) in [6.07, 6.45) is 0.199. The highest BCUT2D eigenvalue weighted by Crippen LogP contribution is 2.13. The molecule has 0 saturated heterocycles. The first-order valence-corrected chi connectivity index (χ1v) is 3.58. The average Bonchev–Trinajstić information content (AvgIpc) is 1.99. The fraction of sp³-hybridized carbons (Fsp3) is 0.750. The summed E-state index contributed by atoms with van der Waals surface area (Å²) in [4.78, 5) is 10.7. The van der Waals surface area contributed by atoms with Crippen LogP contribution in [0.3, 0.4) is 0 Å². The molecular weight excluding hydrogens is 142 g/mol. The molecule has 0 unspecified atom stereocenters. The number of rotatable bonds is 3. The Morgan fingerprint density at radius 1 is 1.64 bits per heavy atom. The first kappa shape index (κ1) is 9.96. The molecule has 0 aliphatic rings. The van der Waals surface area contributed by atoms with Crippen LogP contribution in [0.1, 0.15) is 20.3 Å². The summed E-state index contributed by atoms with van der Waals surface area (Å²) in [5.41, 5.74) is 0. The van der Waals surface area contributed by atoms with Crippen LogP contribution in [0.2, 0.25) is 0 Å². The fourth-order valence-electron chi connectivity index (χ4n) is 0.693. The van der Waals surface area contributed by atoms with Crippen molar-refractivity contribution in [2.24, 2.45) is 11.8 Å². The summed E-state index contributed by atoms with van der Waals surface area (Å²) in [5, 5.41) is 8.58. The van der Waals surface area contributed by atoms with Gasteiger partial charge in [0.25, 0.3) is 0 Å². The molecule has 0 aromatic carbocycles. The smallest absolute Gasteiger partial charge is 0.306 e. The quantitative estimate of drug-likeness (QED) is 0.578. The monoisotopic (exact) mass is 155 g/mol. The minimum Gasteiger partial charge on any atom is -0.469 e. The highest BCUT2D eigenvalue weighted by Gasteiger charge is 2.16. The van der Waals surface area contributed by atoms with Crippen LogP contribution >= 0.6 is 0 Å². The maximum Gasteiger partial charge on any atom is 0.306 e. The van der Waals surface area contributed by atoms with Gasteiger partial charge in [-0.05, 0) is 5.92 Å². The van der Waals surface area contributed by atoms with Gasteiger partial charge in [-0.3, -0.25) is 4.79 Å². The lowest BCUT2D eigenvalue weighted by Gasteiger charge is -2.09. The van der Waals surface area contributed by atoms with Crippen LogP contribution in [0.15, 0.2) is 0 Å². The summed E-state index contributed by atoms with van der Waals surface area (Å²) >= 11 is 0. The zero-order valence-electron chi connectivity index (χ0n) is 7.13. The van der Waals surface area contributed by atoms with E-state index >= 15 is 0 Å². The summed E-state index contributed by atoms with van der Waals surface area (Å²) < 4.78 is 4.44. The Balaban J connectivity index is 3.91. The SMILES string of the molecule is COC(=O)C[C@@H](C#N)C(C)C. The molecule has 1 atom stereocenters. The van der Waals surface area contributed by atoms with Gasteiger partial charge in [-0.15, -0.1) is 0 Å². The Labute approximate surface area is 67.0 Å². The molecule has 0 rings (SSSR count). The topological polar surface area (TPSA) is 50.1 Å². The molecule has 0 aromatic rings. The first-order valence-electron chi connectivity index (χ1n) is 3.58. The molecule has 0 fully saturated rings. The fourth-order valence-corrected chi connectivity index (χ4v) is 0.693. The van der Waals surface area contributed by atoms with Crippen LogP contribution in [0, 0.1) is 23.2 Å². The van der Waals surface area contributed by atoms with Crippen LogP contribution < -0.4 is 0 Å². The Kier molecular flexibility index (Phi) is 4.28. The van der Waals surface area contributed by atoms with Crippen molar-refractivity contribution in [3.8, 4) is 6.07 Å². The second-order valence-electron chi connectivity index (χ2n) is 2.76. The Hall–Kier alpha value is -1.04. The maximum atomic E-state index is 10.7. The molecule has 0 spiro atoms. The van der Waals surface area contributed by atoms with Crippen molar-refractivity contribution in [1.82, 2.24) is 0 Å². The lowest BCUT2D eigenvalue weighted by atomic mass is 9.94. The van der Waals surface area contributed by atoms with E-state index in [0.29, 0.717) is 0 Å². The molecule has 0 heterocycles. The first-order chi connectivity index (χ1) is 5.11. The van der Waals surface area contributed by atoms with Crippen LogP contribution in [0.5, 0.6) is 0 Å². The number of hydrogen-bond acceptors (Lipinski definition) is 3. The molecule has 3 heteroatoms.